The Morgan fingerprint density at radius 2 is 1.88 bits per heavy atom. The van der Waals surface area contributed by atoms with Gasteiger partial charge in [0.05, 0.1) is 35.7 Å². The van der Waals surface area contributed by atoms with Crippen molar-refractivity contribution in [2.24, 2.45) is 5.92 Å². The summed E-state index contributed by atoms with van der Waals surface area (Å²) in [6, 6.07) is 7.55. The molecule has 2 aliphatic heterocycles. The van der Waals surface area contributed by atoms with E-state index in [1.165, 1.54) is 29.3 Å². The number of carbonyl (C=O) groups excluding carboxylic acids is 1. The first-order valence-corrected chi connectivity index (χ1v) is 11.1. The third kappa shape index (κ3) is 3.28. The van der Waals surface area contributed by atoms with E-state index >= 15 is 4.39 Å². The Bertz CT molecular complexity index is 1410. The fourth-order valence-electron chi connectivity index (χ4n) is 4.89. The van der Waals surface area contributed by atoms with Crippen molar-refractivity contribution in [3.8, 4) is 5.69 Å². The molecule has 172 valence electrons. The zero-order valence-corrected chi connectivity index (χ0v) is 18.4. The molecule has 0 N–H and O–H groups in total. The normalized spacial score (nSPS) is 19.7. The summed E-state index contributed by atoms with van der Waals surface area (Å²) in [4.78, 5) is 27.6. The van der Waals surface area contributed by atoms with Crippen LogP contribution in [-0.2, 0) is 0 Å². The molecule has 2 saturated heterocycles. The molecule has 2 fully saturated rings. The molecule has 0 bridgehead atoms. The first-order valence-electron chi connectivity index (χ1n) is 11.1. The number of halogens is 2. The van der Waals surface area contributed by atoms with Crippen LogP contribution in [0.25, 0.3) is 16.7 Å². The van der Waals surface area contributed by atoms with E-state index in [2.05, 4.69) is 25.1 Å². The summed E-state index contributed by atoms with van der Waals surface area (Å²) in [6.45, 7) is 3.57. The van der Waals surface area contributed by atoms with Gasteiger partial charge in [0.1, 0.15) is 28.7 Å². The minimum Gasteiger partial charge on any atom is -0.353 e. The molecule has 10 heteroatoms. The highest BCUT2D eigenvalue weighted by Gasteiger charge is 2.46. The van der Waals surface area contributed by atoms with Gasteiger partial charge in [-0.25, -0.2) is 13.8 Å². The second-order valence-corrected chi connectivity index (χ2v) is 8.79. The van der Waals surface area contributed by atoms with Crippen molar-refractivity contribution in [3.05, 3.63) is 71.7 Å². The number of aryl methyl sites for hydroxylation is 1. The van der Waals surface area contributed by atoms with Crippen molar-refractivity contribution < 1.29 is 13.6 Å². The van der Waals surface area contributed by atoms with E-state index in [-0.39, 0.29) is 23.3 Å². The summed E-state index contributed by atoms with van der Waals surface area (Å²) in [5, 5.41) is 8.18. The fraction of sp³-hybridized carbons (Fsp3) is 0.292. The van der Waals surface area contributed by atoms with Crippen molar-refractivity contribution in [1.29, 1.82) is 0 Å². The second-order valence-electron chi connectivity index (χ2n) is 8.79. The fourth-order valence-corrected chi connectivity index (χ4v) is 4.89. The van der Waals surface area contributed by atoms with Crippen molar-refractivity contribution in [2.45, 2.75) is 19.4 Å². The average Bonchev–Trinajstić information content (AvgIpc) is 3.36. The third-order valence-corrected chi connectivity index (χ3v) is 6.79. The third-order valence-electron chi connectivity index (χ3n) is 6.79. The highest BCUT2D eigenvalue weighted by atomic mass is 19.1. The lowest BCUT2D eigenvalue weighted by Gasteiger charge is -2.53. The van der Waals surface area contributed by atoms with E-state index in [1.54, 1.807) is 36.2 Å². The van der Waals surface area contributed by atoms with Gasteiger partial charge in [0.25, 0.3) is 5.91 Å². The number of aromatic nitrogens is 5. The first kappa shape index (κ1) is 20.6. The second kappa shape index (κ2) is 7.82. The highest BCUT2D eigenvalue weighted by Crippen LogP contribution is 2.36. The summed E-state index contributed by atoms with van der Waals surface area (Å²) in [5.74, 6) is -0.242. The molecule has 4 aromatic rings. The molecule has 0 aliphatic carbocycles. The summed E-state index contributed by atoms with van der Waals surface area (Å²) in [6.07, 6.45) is 5.50. The Balaban J connectivity index is 1.28. The van der Waals surface area contributed by atoms with Crippen LogP contribution in [0.5, 0.6) is 0 Å². The first-order chi connectivity index (χ1) is 16.5. The lowest BCUT2D eigenvalue weighted by Crippen LogP contribution is -2.66. The predicted molar refractivity (Wildman–Crippen MR) is 121 cm³/mol. The Hall–Kier alpha value is -3.95. The van der Waals surface area contributed by atoms with Crippen LogP contribution < -0.4 is 4.90 Å². The molecule has 34 heavy (non-hydrogen) atoms. The van der Waals surface area contributed by atoms with Crippen LogP contribution in [0.3, 0.4) is 0 Å². The van der Waals surface area contributed by atoms with Gasteiger partial charge >= 0.3 is 0 Å². The predicted octanol–water partition coefficient (Wildman–Crippen LogP) is 3.15. The topological polar surface area (TPSA) is 80.0 Å². The van der Waals surface area contributed by atoms with E-state index in [0.29, 0.717) is 47.1 Å². The number of benzene rings is 2. The molecule has 2 atom stereocenters. The lowest BCUT2D eigenvalue weighted by atomic mass is 9.81. The number of amides is 1. The molecule has 1 amide bonds. The SMILES string of the molecule is Cc1ccc(-n2nccn2)c(C(=O)N2CC3CCN(c4cnc5cc(F)ccc5n4)C[C@H]32)c1F. The molecule has 4 heterocycles. The van der Waals surface area contributed by atoms with Crippen molar-refractivity contribution in [1.82, 2.24) is 29.9 Å². The zero-order valence-electron chi connectivity index (χ0n) is 18.4. The number of rotatable bonds is 3. The summed E-state index contributed by atoms with van der Waals surface area (Å²) < 4.78 is 28.7. The molecule has 2 aliphatic rings. The van der Waals surface area contributed by atoms with E-state index < -0.39 is 5.82 Å². The quantitative estimate of drug-likeness (QED) is 0.466. The molecule has 8 nitrogen and oxygen atoms in total. The van der Waals surface area contributed by atoms with Crippen LogP contribution in [0.1, 0.15) is 22.3 Å². The maximum Gasteiger partial charge on any atom is 0.259 e. The van der Waals surface area contributed by atoms with Gasteiger partial charge < -0.3 is 9.80 Å². The van der Waals surface area contributed by atoms with Crippen LogP contribution in [0.4, 0.5) is 14.6 Å². The van der Waals surface area contributed by atoms with Gasteiger partial charge in [0, 0.05) is 31.6 Å². The van der Waals surface area contributed by atoms with Gasteiger partial charge in [-0.05, 0) is 37.1 Å². The Kier molecular flexibility index (Phi) is 4.75. The molecular weight excluding hydrogens is 440 g/mol. The average molecular weight is 461 g/mol. The smallest absolute Gasteiger partial charge is 0.259 e. The largest absolute Gasteiger partial charge is 0.353 e. The Morgan fingerprint density at radius 1 is 1.06 bits per heavy atom. The van der Waals surface area contributed by atoms with E-state index in [0.717, 1.165) is 13.0 Å². The van der Waals surface area contributed by atoms with E-state index in [9.17, 15) is 9.18 Å². The standard InChI is InChI=1S/C24H21F2N7O/c1-14-2-5-19(33-28-7-8-29-33)22(23(14)26)24(34)32-12-15-6-9-31(13-20(15)32)21-11-27-18-10-16(25)3-4-17(18)30-21/h2-5,7-8,10-11,15,20H,6,9,12-13H2,1H3/t15?,20-/m1/s1. The van der Waals surface area contributed by atoms with E-state index in [4.69, 9.17) is 0 Å². The number of hydrogen-bond donors (Lipinski definition) is 0. The van der Waals surface area contributed by atoms with Crippen molar-refractivity contribution >= 4 is 22.8 Å². The number of hydrogen-bond acceptors (Lipinski definition) is 6. The number of fused-ring (bicyclic) bond motifs is 2. The number of nitrogens with zero attached hydrogens (tertiary/aromatic N) is 7. The minimum atomic E-state index is -0.552. The van der Waals surface area contributed by atoms with Gasteiger partial charge in [-0.3, -0.25) is 9.78 Å². The molecule has 2 aromatic heterocycles. The van der Waals surface area contributed by atoms with Gasteiger partial charge in [0.15, 0.2) is 0 Å². The molecule has 1 unspecified atom stereocenters. The van der Waals surface area contributed by atoms with Gasteiger partial charge in [-0.1, -0.05) is 6.07 Å². The Morgan fingerprint density at radius 3 is 2.71 bits per heavy atom. The monoisotopic (exact) mass is 461 g/mol. The maximum atomic E-state index is 15.2. The molecule has 0 radical (unpaired) electrons. The van der Waals surface area contributed by atoms with Crippen LogP contribution in [-0.4, -0.2) is 61.4 Å². The van der Waals surface area contributed by atoms with Crippen molar-refractivity contribution in [3.63, 3.8) is 0 Å². The molecular formula is C24H21F2N7O. The van der Waals surface area contributed by atoms with Crippen LogP contribution in [0.15, 0.2) is 48.9 Å². The molecule has 6 rings (SSSR count). The van der Waals surface area contributed by atoms with Crippen molar-refractivity contribution in [2.75, 3.05) is 24.5 Å². The van der Waals surface area contributed by atoms with Gasteiger partial charge in [-0.2, -0.15) is 15.0 Å². The van der Waals surface area contributed by atoms with Crippen LogP contribution in [0, 0.1) is 24.5 Å². The number of piperidine rings is 1. The van der Waals surface area contributed by atoms with Gasteiger partial charge in [-0.15, -0.1) is 0 Å². The Labute approximate surface area is 193 Å². The van der Waals surface area contributed by atoms with Crippen LogP contribution >= 0.6 is 0 Å². The van der Waals surface area contributed by atoms with Gasteiger partial charge in [0.2, 0.25) is 0 Å². The zero-order chi connectivity index (χ0) is 23.4. The minimum absolute atomic E-state index is 0.0145. The molecule has 0 saturated carbocycles. The van der Waals surface area contributed by atoms with Crippen LogP contribution in [0.2, 0.25) is 0 Å². The molecule has 2 aromatic carbocycles. The summed E-state index contributed by atoms with van der Waals surface area (Å²) in [5.41, 5.74) is 1.81. The highest BCUT2D eigenvalue weighted by molar-refractivity contribution is 5.99. The van der Waals surface area contributed by atoms with E-state index in [1.807, 2.05) is 0 Å². The number of likely N-dealkylation sites (tertiary alicyclic amines) is 1. The number of anilines is 1. The number of carbonyl (C=O) groups is 1. The lowest BCUT2D eigenvalue weighted by molar-refractivity contribution is 0.00739. The maximum absolute atomic E-state index is 15.2. The summed E-state index contributed by atoms with van der Waals surface area (Å²) >= 11 is 0. The summed E-state index contributed by atoms with van der Waals surface area (Å²) in [7, 11) is 0. The molecule has 0 spiro atoms.